The molecule has 1 unspecified atom stereocenters. The molecule has 6 nitrogen and oxygen atoms in total. The zero-order valence-electron chi connectivity index (χ0n) is 13.8. The molecule has 4 N–H and O–H groups in total. The molecule has 2 rings (SSSR count). The van der Waals surface area contributed by atoms with Crippen LogP contribution in [0.4, 0.5) is 0 Å². The summed E-state index contributed by atoms with van der Waals surface area (Å²) >= 11 is 7.42. The second kappa shape index (κ2) is 9.72. The van der Waals surface area contributed by atoms with E-state index in [-0.39, 0.29) is 43.4 Å². The molecule has 2 aromatic rings. The number of aromatic nitrogens is 1. The van der Waals surface area contributed by atoms with Crippen LogP contribution in [0.25, 0.3) is 10.6 Å². The van der Waals surface area contributed by atoms with Crippen LogP contribution in [0.5, 0.6) is 0 Å². The summed E-state index contributed by atoms with van der Waals surface area (Å²) in [4.78, 5) is 28.5. The van der Waals surface area contributed by atoms with E-state index in [1.165, 1.54) is 11.3 Å². The fraction of sp³-hybridized carbons (Fsp3) is 0.312. The van der Waals surface area contributed by atoms with Crippen molar-refractivity contribution in [1.82, 2.24) is 15.6 Å². The Labute approximate surface area is 161 Å². The van der Waals surface area contributed by atoms with Gasteiger partial charge in [0.1, 0.15) is 5.01 Å². The van der Waals surface area contributed by atoms with Crippen molar-refractivity contribution in [2.75, 3.05) is 13.1 Å². The van der Waals surface area contributed by atoms with Crippen molar-refractivity contribution in [2.45, 2.75) is 19.9 Å². The van der Waals surface area contributed by atoms with E-state index in [1.54, 1.807) is 0 Å². The fourth-order valence-electron chi connectivity index (χ4n) is 2.13. The van der Waals surface area contributed by atoms with Gasteiger partial charge in [0.25, 0.3) is 0 Å². The first-order valence-electron chi connectivity index (χ1n) is 7.40. The lowest BCUT2D eigenvalue weighted by Gasteiger charge is -2.13. The molecule has 0 aliphatic carbocycles. The number of amides is 2. The van der Waals surface area contributed by atoms with Crippen LogP contribution in [0.15, 0.2) is 24.3 Å². The van der Waals surface area contributed by atoms with Crippen LogP contribution in [0, 0.1) is 6.92 Å². The van der Waals surface area contributed by atoms with Crippen LogP contribution in [0.1, 0.15) is 23.5 Å². The summed E-state index contributed by atoms with van der Waals surface area (Å²) < 4.78 is 0. The fourth-order valence-corrected chi connectivity index (χ4v) is 3.33. The molecule has 0 saturated carbocycles. The molecule has 1 aromatic carbocycles. The normalized spacial score (nSPS) is 11.4. The van der Waals surface area contributed by atoms with Crippen molar-refractivity contribution in [3.8, 4) is 10.6 Å². The first kappa shape index (κ1) is 21.4. The lowest BCUT2D eigenvalue weighted by molar-refractivity contribution is -0.125. The van der Waals surface area contributed by atoms with Crippen LogP contribution >= 0.6 is 35.3 Å². The van der Waals surface area contributed by atoms with E-state index in [0.717, 1.165) is 21.1 Å². The number of halogens is 2. The number of hydrogen-bond acceptors (Lipinski definition) is 5. The highest BCUT2D eigenvalue weighted by Gasteiger charge is 2.17. The Bertz CT molecular complexity index is 734. The average molecular weight is 403 g/mol. The molecule has 2 amide bonds. The molecule has 0 aliphatic rings. The summed E-state index contributed by atoms with van der Waals surface area (Å²) in [5, 5.41) is 6.83. The average Bonchev–Trinajstić information content (AvgIpc) is 2.95. The molecular weight excluding hydrogens is 383 g/mol. The van der Waals surface area contributed by atoms with E-state index in [0.29, 0.717) is 5.02 Å². The second-order valence-corrected chi connectivity index (χ2v) is 6.71. The Morgan fingerprint density at radius 3 is 2.52 bits per heavy atom. The van der Waals surface area contributed by atoms with Crippen LogP contribution < -0.4 is 16.4 Å². The smallest absolute Gasteiger partial charge is 0.239 e. The summed E-state index contributed by atoms with van der Waals surface area (Å²) in [5.41, 5.74) is 7.02. The summed E-state index contributed by atoms with van der Waals surface area (Å²) in [6.45, 7) is 3.56. The van der Waals surface area contributed by atoms with Gasteiger partial charge in [-0.05, 0) is 26.0 Å². The minimum absolute atomic E-state index is 0. The van der Waals surface area contributed by atoms with Gasteiger partial charge in [-0.1, -0.05) is 23.7 Å². The maximum absolute atomic E-state index is 11.9. The topological polar surface area (TPSA) is 97.1 Å². The minimum atomic E-state index is -0.364. The van der Waals surface area contributed by atoms with Gasteiger partial charge in [0.05, 0.1) is 29.7 Å². The number of nitrogens with zero attached hydrogens (tertiary/aromatic N) is 1. The quantitative estimate of drug-likeness (QED) is 0.690. The summed E-state index contributed by atoms with van der Waals surface area (Å²) in [7, 11) is 0. The maximum Gasteiger partial charge on any atom is 0.239 e. The first-order chi connectivity index (χ1) is 11.4. The number of aryl methyl sites for hydroxylation is 1. The van der Waals surface area contributed by atoms with Gasteiger partial charge in [0.15, 0.2) is 0 Å². The van der Waals surface area contributed by atoms with Crippen molar-refractivity contribution in [3.05, 3.63) is 39.9 Å². The van der Waals surface area contributed by atoms with Gasteiger partial charge in [0, 0.05) is 10.6 Å². The molecule has 0 spiro atoms. The zero-order chi connectivity index (χ0) is 17.7. The third-order valence-electron chi connectivity index (χ3n) is 3.33. The third kappa shape index (κ3) is 5.97. The molecule has 136 valence electrons. The molecule has 0 radical (unpaired) electrons. The molecule has 1 atom stereocenters. The molecule has 0 bridgehead atoms. The zero-order valence-corrected chi connectivity index (χ0v) is 16.2. The maximum atomic E-state index is 11.9. The van der Waals surface area contributed by atoms with Crippen LogP contribution in [-0.4, -0.2) is 29.9 Å². The third-order valence-corrected chi connectivity index (χ3v) is 4.97. The van der Waals surface area contributed by atoms with Crippen LogP contribution in [0.2, 0.25) is 5.02 Å². The highest BCUT2D eigenvalue weighted by atomic mass is 35.5. The lowest BCUT2D eigenvalue weighted by atomic mass is 10.2. The van der Waals surface area contributed by atoms with Gasteiger partial charge in [-0.25, -0.2) is 4.98 Å². The van der Waals surface area contributed by atoms with Crippen molar-refractivity contribution < 1.29 is 9.59 Å². The van der Waals surface area contributed by atoms with E-state index in [9.17, 15) is 9.59 Å². The van der Waals surface area contributed by atoms with Gasteiger partial charge >= 0.3 is 0 Å². The van der Waals surface area contributed by atoms with Crippen molar-refractivity contribution in [3.63, 3.8) is 0 Å². The van der Waals surface area contributed by atoms with Gasteiger partial charge in [-0.2, -0.15) is 0 Å². The Morgan fingerprint density at radius 1 is 1.28 bits per heavy atom. The van der Waals surface area contributed by atoms with Gasteiger partial charge in [0.2, 0.25) is 11.8 Å². The highest BCUT2D eigenvalue weighted by molar-refractivity contribution is 7.15. The van der Waals surface area contributed by atoms with E-state index in [4.69, 9.17) is 17.3 Å². The largest absolute Gasteiger partial charge is 0.347 e. The summed E-state index contributed by atoms with van der Waals surface area (Å²) in [6, 6.07) is 7.26. The van der Waals surface area contributed by atoms with Crippen molar-refractivity contribution in [2.24, 2.45) is 5.73 Å². The number of hydrogen-bond donors (Lipinski definition) is 3. The molecular formula is C16H20Cl2N4O2S. The van der Waals surface area contributed by atoms with E-state index < -0.39 is 0 Å². The van der Waals surface area contributed by atoms with Gasteiger partial charge in [-0.3, -0.25) is 9.59 Å². The molecule has 0 fully saturated rings. The number of nitrogens with two attached hydrogens (primary N) is 1. The number of thiazole rings is 1. The number of carbonyl (C=O) groups is 2. The number of rotatable bonds is 6. The van der Waals surface area contributed by atoms with Crippen molar-refractivity contribution in [1.29, 1.82) is 0 Å². The summed E-state index contributed by atoms with van der Waals surface area (Å²) in [6.07, 6.45) is 0. The highest BCUT2D eigenvalue weighted by Crippen LogP contribution is 2.32. The van der Waals surface area contributed by atoms with Crippen LogP contribution in [0.3, 0.4) is 0 Å². The number of nitrogens with one attached hydrogen (secondary N) is 2. The standard InChI is InChI=1S/C16H19ClN4O2S.ClH/c1-9(20-14(23)8-19-13(22)7-18)15-10(2)21-16(24-15)11-3-5-12(17)6-4-11;/h3-6,9H,7-8,18H2,1-2H3,(H,19,22)(H,20,23);1H. The van der Waals surface area contributed by atoms with Gasteiger partial charge < -0.3 is 16.4 Å². The molecule has 0 aliphatic heterocycles. The Hall–Kier alpha value is -1.67. The minimum Gasteiger partial charge on any atom is -0.347 e. The molecule has 25 heavy (non-hydrogen) atoms. The van der Waals surface area contributed by atoms with Gasteiger partial charge in [-0.15, -0.1) is 23.7 Å². The SMILES string of the molecule is Cc1nc(-c2ccc(Cl)cc2)sc1C(C)NC(=O)CNC(=O)CN.Cl. The molecule has 1 aromatic heterocycles. The predicted molar refractivity (Wildman–Crippen MR) is 103 cm³/mol. The van der Waals surface area contributed by atoms with Crippen molar-refractivity contribution >= 4 is 47.2 Å². The van der Waals surface area contributed by atoms with E-state index >= 15 is 0 Å². The Balaban J connectivity index is 0.00000312. The number of benzene rings is 1. The molecule has 1 heterocycles. The Morgan fingerprint density at radius 2 is 1.92 bits per heavy atom. The van der Waals surface area contributed by atoms with Crippen LogP contribution in [-0.2, 0) is 9.59 Å². The summed E-state index contributed by atoms with van der Waals surface area (Å²) in [5.74, 6) is -0.637. The lowest BCUT2D eigenvalue weighted by Crippen LogP contribution is -2.40. The van der Waals surface area contributed by atoms with E-state index in [1.807, 2.05) is 38.1 Å². The monoisotopic (exact) mass is 402 g/mol. The molecule has 0 saturated heterocycles. The number of carbonyl (C=O) groups excluding carboxylic acids is 2. The predicted octanol–water partition coefficient (Wildman–Crippen LogP) is 2.45. The first-order valence-corrected chi connectivity index (χ1v) is 8.59. The Kier molecular flexibility index (Phi) is 8.31. The molecule has 9 heteroatoms. The van der Waals surface area contributed by atoms with E-state index in [2.05, 4.69) is 15.6 Å². The second-order valence-electron chi connectivity index (χ2n) is 5.25.